The van der Waals surface area contributed by atoms with E-state index in [9.17, 15) is 0 Å². The van der Waals surface area contributed by atoms with E-state index in [1.165, 1.54) is 41.7 Å². The standard InChI is InChI=1S/C50H30N4S/c1-3-15-31(16-4-1)48-52-49(32-17-5-2-6-18-32)54-50(53-48)35-21-13-20-33(29-35)37-26-14-27-42-44(37)45-40-25-11-12-28-43(40)55-47(45)46(51-42)41-30-34-19-7-8-22-36(34)38-23-9-10-24-39(38)41/h1-30H. The minimum atomic E-state index is 0.629. The Labute approximate surface area is 321 Å². The predicted molar refractivity (Wildman–Crippen MR) is 230 cm³/mol. The summed E-state index contributed by atoms with van der Waals surface area (Å²) in [4.78, 5) is 20.6. The Bertz CT molecular complexity index is 3210. The molecule has 3 aromatic heterocycles. The minimum Gasteiger partial charge on any atom is -0.246 e. The van der Waals surface area contributed by atoms with E-state index in [4.69, 9.17) is 19.9 Å². The van der Waals surface area contributed by atoms with Crippen LogP contribution in [0.3, 0.4) is 0 Å². The van der Waals surface area contributed by atoms with Crippen molar-refractivity contribution >= 4 is 64.0 Å². The number of benzene rings is 8. The fraction of sp³-hybridized carbons (Fsp3) is 0. The molecule has 5 heteroatoms. The first-order valence-electron chi connectivity index (χ1n) is 18.4. The number of fused-ring (bicyclic) bond motifs is 8. The first-order chi connectivity index (χ1) is 27.3. The van der Waals surface area contributed by atoms with Crippen LogP contribution in [-0.2, 0) is 0 Å². The average molecular weight is 719 g/mol. The molecule has 0 aliphatic carbocycles. The Kier molecular flexibility index (Phi) is 7.32. The summed E-state index contributed by atoms with van der Waals surface area (Å²) in [5.74, 6) is 1.92. The molecule has 0 N–H and O–H groups in total. The molecule has 0 bridgehead atoms. The summed E-state index contributed by atoms with van der Waals surface area (Å²) < 4.78 is 2.43. The Morgan fingerprint density at radius 1 is 0.345 bits per heavy atom. The molecule has 0 saturated heterocycles. The van der Waals surface area contributed by atoms with Crippen LogP contribution in [0.2, 0.25) is 0 Å². The first-order valence-corrected chi connectivity index (χ1v) is 19.2. The van der Waals surface area contributed by atoms with Gasteiger partial charge in [0.25, 0.3) is 0 Å². The molecule has 0 atom stereocenters. The summed E-state index contributed by atoms with van der Waals surface area (Å²) in [6.07, 6.45) is 0. The smallest absolute Gasteiger partial charge is 0.164 e. The van der Waals surface area contributed by atoms with E-state index in [2.05, 4.69) is 121 Å². The van der Waals surface area contributed by atoms with E-state index in [0.29, 0.717) is 17.5 Å². The second-order valence-electron chi connectivity index (χ2n) is 13.8. The lowest BCUT2D eigenvalue weighted by atomic mass is 9.92. The van der Waals surface area contributed by atoms with Crippen molar-refractivity contribution in [2.75, 3.05) is 0 Å². The van der Waals surface area contributed by atoms with Crippen molar-refractivity contribution in [2.45, 2.75) is 0 Å². The maximum Gasteiger partial charge on any atom is 0.164 e. The molecule has 0 aliphatic heterocycles. The molecule has 0 amide bonds. The highest BCUT2D eigenvalue weighted by Gasteiger charge is 2.21. The van der Waals surface area contributed by atoms with Gasteiger partial charge in [0.2, 0.25) is 0 Å². The van der Waals surface area contributed by atoms with Gasteiger partial charge in [0, 0.05) is 43.1 Å². The third-order valence-corrected chi connectivity index (χ3v) is 11.7. The van der Waals surface area contributed by atoms with Crippen LogP contribution in [0.1, 0.15) is 0 Å². The van der Waals surface area contributed by atoms with Crippen molar-refractivity contribution in [1.29, 1.82) is 0 Å². The predicted octanol–water partition coefficient (Wildman–Crippen LogP) is 13.4. The van der Waals surface area contributed by atoms with Crippen LogP contribution in [0.5, 0.6) is 0 Å². The Balaban J connectivity index is 1.15. The molecule has 0 radical (unpaired) electrons. The van der Waals surface area contributed by atoms with Crippen LogP contribution in [-0.4, -0.2) is 19.9 Å². The van der Waals surface area contributed by atoms with Crippen molar-refractivity contribution in [2.24, 2.45) is 0 Å². The highest BCUT2D eigenvalue weighted by molar-refractivity contribution is 7.26. The van der Waals surface area contributed by atoms with Crippen LogP contribution >= 0.6 is 11.3 Å². The molecule has 256 valence electrons. The molecular weight excluding hydrogens is 689 g/mol. The van der Waals surface area contributed by atoms with Crippen LogP contribution in [0.15, 0.2) is 182 Å². The molecule has 3 heterocycles. The van der Waals surface area contributed by atoms with Gasteiger partial charge in [-0.25, -0.2) is 19.9 Å². The zero-order chi connectivity index (χ0) is 36.3. The van der Waals surface area contributed by atoms with Crippen molar-refractivity contribution in [3.63, 3.8) is 0 Å². The van der Waals surface area contributed by atoms with Crippen LogP contribution < -0.4 is 0 Å². The second kappa shape index (κ2) is 12.8. The first kappa shape index (κ1) is 31.4. The fourth-order valence-corrected chi connectivity index (χ4v) is 9.18. The number of nitrogens with zero attached hydrogens (tertiary/aromatic N) is 4. The maximum atomic E-state index is 5.56. The van der Waals surface area contributed by atoms with Crippen molar-refractivity contribution in [3.05, 3.63) is 182 Å². The van der Waals surface area contributed by atoms with E-state index in [0.717, 1.165) is 50.0 Å². The van der Waals surface area contributed by atoms with E-state index in [1.807, 2.05) is 72.0 Å². The number of thiophene rings is 1. The average Bonchev–Trinajstić information content (AvgIpc) is 3.66. The topological polar surface area (TPSA) is 51.6 Å². The lowest BCUT2D eigenvalue weighted by Crippen LogP contribution is -2.00. The number of aromatic nitrogens is 4. The molecule has 0 saturated carbocycles. The summed E-state index contributed by atoms with van der Waals surface area (Å²) in [6, 6.07) is 63.8. The molecule has 8 aromatic carbocycles. The van der Waals surface area contributed by atoms with Gasteiger partial charge in [-0.3, -0.25) is 0 Å². The fourth-order valence-electron chi connectivity index (χ4n) is 7.96. The molecule has 0 spiro atoms. The van der Waals surface area contributed by atoms with E-state index >= 15 is 0 Å². The number of hydrogen-bond donors (Lipinski definition) is 0. The zero-order valence-corrected chi connectivity index (χ0v) is 30.3. The molecular formula is C50H30N4S. The van der Waals surface area contributed by atoms with Gasteiger partial charge in [-0.2, -0.15) is 0 Å². The summed E-state index contributed by atoms with van der Waals surface area (Å²) in [5.41, 5.74) is 8.14. The molecule has 11 rings (SSSR count). The Morgan fingerprint density at radius 3 is 1.65 bits per heavy atom. The Hall–Kier alpha value is -7.08. The number of rotatable bonds is 5. The summed E-state index contributed by atoms with van der Waals surface area (Å²) >= 11 is 1.83. The Morgan fingerprint density at radius 2 is 0.909 bits per heavy atom. The van der Waals surface area contributed by atoms with Gasteiger partial charge in [0.05, 0.1) is 15.9 Å². The molecule has 11 aromatic rings. The highest BCUT2D eigenvalue weighted by Crippen LogP contribution is 2.47. The second-order valence-corrected chi connectivity index (χ2v) is 14.8. The zero-order valence-electron chi connectivity index (χ0n) is 29.5. The van der Waals surface area contributed by atoms with Gasteiger partial charge < -0.3 is 0 Å². The lowest BCUT2D eigenvalue weighted by Gasteiger charge is -2.15. The summed E-state index contributed by atoms with van der Waals surface area (Å²) in [5, 5.41) is 8.52. The van der Waals surface area contributed by atoms with Gasteiger partial charge >= 0.3 is 0 Å². The lowest BCUT2D eigenvalue weighted by molar-refractivity contribution is 1.07. The van der Waals surface area contributed by atoms with Gasteiger partial charge in [-0.05, 0) is 56.9 Å². The molecule has 0 aliphatic rings. The highest BCUT2D eigenvalue weighted by atomic mass is 32.1. The molecule has 0 unspecified atom stereocenters. The summed E-state index contributed by atoms with van der Waals surface area (Å²) in [7, 11) is 0. The van der Waals surface area contributed by atoms with Crippen molar-refractivity contribution in [3.8, 4) is 56.5 Å². The monoisotopic (exact) mass is 718 g/mol. The van der Waals surface area contributed by atoms with Gasteiger partial charge in [0.15, 0.2) is 17.5 Å². The van der Waals surface area contributed by atoms with Crippen molar-refractivity contribution < 1.29 is 0 Å². The molecule has 55 heavy (non-hydrogen) atoms. The SMILES string of the molecule is c1ccc(-c2nc(-c3ccccc3)nc(-c3cccc(-c4cccc5nc(-c6cc7ccccc7c7ccccc67)c6sc7ccccc7c6c45)c3)n2)cc1. The van der Waals surface area contributed by atoms with E-state index < -0.39 is 0 Å². The van der Waals surface area contributed by atoms with E-state index in [-0.39, 0.29) is 0 Å². The van der Waals surface area contributed by atoms with Gasteiger partial charge in [-0.15, -0.1) is 11.3 Å². The molecule has 4 nitrogen and oxygen atoms in total. The number of hydrogen-bond acceptors (Lipinski definition) is 5. The quantitative estimate of drug-likeness (QED) is 0.166. The van der Waals surface area contributed by atoms with Crippen molar-refractivity contribution in [1.82, 2.24) is 19.9 Å². The third-order valence-electron chi connectivity index (χ3n) is 10.5. The minimum absolute atomic E-state index is 0.629. The number of pyridine rings is 1. The van der Waals surface area contributed by atoms with Crippen LogP contribution in [0, 0.1) is 0 Å². The van der Waals surface area contributed by atoms with Crippen LogP contribution in [0.4, 0.5) is 0 Å². The van der Waals surface area contributed by atoms with Gasteiger partial charge in [0.1, 0.15) is 0 Å². The maximum absolute atomic E-state index is 5.56. The van der Waals surface area contributed by atoms with Gasteiger partial charge in [-0.1, -0.05) is 158 Å². The summed E-state index contributed by atoms with van der Waals surface area (Å²) in [6.45, 7) is 0. The van der Waals surface area contributed by atoms with Crippen LogP contribution in [0.25, 0.3) is 109 Å². The normalized spacial score (nSPS) is 11.6. The molecule has 0 fully saturated rings. The largest absolute Gasteiger partial charge is 0.246 e. The van der Waals surface area contributed by atoms with E-state index in [1.54, 1.807) is 0 Å². The third kappa shape index (κ3) is 5.28.